The summed E-state index contributed by atoms with van der Waals surface area (Å²) in [7, 11) is -2.66. The third-order valence-corrected chi connectivity index (χ3v) is 9.87. The maximum absolute atomic E-state index is 14.5. The second-order valence-electron chi connectivity index (χ2n) is 11.0. The highest BCUT2D eigenvalue weighted by Crippen LogP contribution is 2.27. The van der Waals surface area contributed by atoms with Crippen molar-refractivity contribution in [3.63, 3.8) is 0 Å². The Labute approximate surface area is 280 Å². The Balaban J connectivity index is 1.79. The molecule has 46 heavy (non-hydrogen) atoms. The average Bonchev–Trinajstić information content (AvgIpc) is 3.06. The van der Waals surface area contributed by atoms with E-state index < -0.39 is 28.5 Å². The molecule has 2 amide bonds. The summed E-state index contributed by atoms with van der Waals surface area (Å²) in [6.45, 7) is 3.96. The number of rotatable bonds is 15. The van der Waals surface area contributed by atoms with Crippen LogP contribution in [0.25, 0.3) is 0 Å². The number of nitrogens with one attached hydrogen (secondary N) is 1. The van der Waals surface area contributed by atoms with E-state index in [9.17, 15) is 18.0 Å². The second kappa shape index (κ2) is 16.4. The highest BCUT2D eigenvalue weighted by atomic mass is 79.9. The number of carbonyl (C=O) groups is 2. The molecule has 0 heterocycles. The molecule has 1 unspecified atom stereocenters. The predicted octanol–water partition coefficient (Wildman–Crippen LogP) is 6.52. The molecule has 0 aliphatic rings. The fraction of sp³-hybridized carbons (Fsp3) is 0.278. The lowest BCUT2D eigenvalue weighted by molar-refractivity contribution is -0.140. The minimum Gasteiger partial charge on any atom is -0.497 e. The van der Waals surface area contributed by atoms with Gasteiger partial charge in [-0.1, -0.05) is 89.4 Å². The third-order valence-electron chi connectivity index (χ3n) is 7.59. The Morgan fingerprint density at radius 3 is 2.20 bits per heavy atom. The van der Waals surface area contributed by atoms with E-state index in [4.69, 9.17) is 4.74 Å². The number of carbonyl (C=O) groups excluding carboxylic acids is 2. The highest BCUT2D eigenvalue weighted by Gasteiger charge is 2.34. The Kier molecular flexibility index (Phi) is 12.4. The quantitative estimate of drug-likeness (QED) is 0.142. The number of hydrogen-bond acceptors (Lipinski definition) is 5. The summed E-state index contributed by atoms with van der Waals surface area (Å²) in [6.07, 6.45) is 1.95. The molecule has 0 aromatic heterocycles. The summed E-state index contributed by atoms with van der Waals surface area (Å²) in [5, 5.41) is 3.01. The lowest BCUT2D eigenvalue weighted by atomic mass is 10.0. The number of unbranched alkanes of at least 4 members (excludes halogenated alkanes) is 1. The van der Waals surface area contributed by atoms with Gasteiger partial charge in [0.2, 0.25) is 11.8 Å². The van der Waals surface area contributed by atoms with Gasteiger partial charge in [-0.2, -0.15) is 0 Å². The fourth-order valence-electron chi connectivity index (χ4n) is 5.01. The molecule has 0 saturated carbocycles. The zero-order valence-corrected chi connectivity index (χ0v) is 28.8. The van der Waals surface area contributed by atoms with Gasteiger partial charge in [0.1, 0.15) is 18.3 Å². The van der Waals surface area contributed by atoms with Crippen molar-refractivity contribution in [2.24, 2.45) is 0 Å². The van der Waals surface area contributed by atoms with Gasteiger partial charge in [-0.15, -0.1) is 0 Å². The van der Waals surface area contributed by atoms with E-state index in [0.29, 0.717) is 18.0 Å². The summed E-state index contributed by atoms with van der Waals surface area (Å²) in [5.41, 5.74) is 2.87. The Morgan fingerprint density at radius 1 is 0.891 bits per heavy atom. The minimum absolute atomic E-state index is 0.0541. The van der Waals surface area contributed by atoms with E-state index in [1.165, 1.54) is 24.1 Å². The zero-order chi connectivity index (χ0) is 33.1. The average molecular weight is 707 g/mol. The molecule has 0 bridgehead atoms. The predicted molar refractivity (Wildman–Crippen MR) is 185 cm³/mol. The van der Waals surface area contributed by atoms with Crippen LogP contribution >= 0.6 is 15.9 Å². The van der Waals surface area contributed by atoms with E-state index in [-0.39, 0.29) is 23.8 Å². The first-order valence-corrected chi connectivity index (χ1v) is 17.4. The van der Waals surface area contributed by atoms with Crippen LogP contribution < -0.4 is 14.4 Å². The van der Waals surface area contributed by atoms with Gasteiger partial charge in [0, 0.05) is 24.0 Å². The van der Waals surface area contributed by atoms with Crippen molar-refractivity contribution >= 4 is 43.5 Å². The summed E-state index contributed by atoms with van der Waals surface area (Å²) >= 11 is 3.51. The molecule has 0 fully saturated rings. The summed E-state index contributed by atoms with van der Waals surface area (Å²) < 4.78 is 35.5. The lowest BCUT2D eigenvalue weighted by Crippen LogP contribution is -2.53. The van der Waals surface area contributed by atoms with Crippen LogP contribution in [0.2, 0.25) is 0 Å². The Bertz CT molecular complexity index is 1700. The standard InChI is InChI=1S/C36H40BrN3O5S/c1-4-5-22-38-36(42)34(24-28-10-7-6-8-11-28)39(25-29-12-9-13-30(37)23-29)35(41)26-40(31-16-18-32(45-3)19-17-31)46(43,44)33-20-14-27(2)15-21-33/h6-21,23,34H,4-5,22,24-26H2,1-3H3,(H,38,42). The summed E-state index contributed by atoms with van der Waals surface area (Å²) in [6, 6.07) is 29.1. The second-order valence-corrected chi connectivity index (χ2v) is 13.8. The maximum atomic E-state index is 14.5. The lowest BCUT2D eigenvalue weighted by Gasteiger charge is -2.34. The molecule has 1 atom stereocenters. The number of anilines is 1. The first-order chi connectivity index (χ1) is 22.1. The maximum Gasteiger partial charge on any atom is 0.264 e. The van der Waals surface area contributed by atoms with Crippen LogP contribution in [0, 0.1) is 6.92 Å². The van der Waals surface area contributed by atoms with E-state index in [1.807, 2.05) is 68.4 Å². The van der Waals surface area contributed by atoms with Crippen molar-refractivity contribution in [1.82, 2.24) is 10.2 Å². The van der Waals surface area contributed by atoms with Crippen molar-refractivity contribution in [1.29, 1.82) is 0 Å². The van der Waals surface area contributed by atoms with Crippen LogP contribution in [0.1, 0.15) is 36.5 Å². The van der Waals surface area contributed by atoms with Crippen molar-refractivity contribution in [2.45, 2.75) is 50.6 Å². The van der Waals surface area contributed by atoms with Crippen molar-refractivity contribution in [3.05, 3.63) is 124 Å². The van der Waals surface area contributed by atoms with E-state index in [2.05, 4.69) is 21.2 Å². The van der Waals surface area contributed by atoms with Gasteiger partial charge >= 0.3 is 0 Å². The number of aryl methyl sites for hydroxylation is 1. The van der Waals surface area contributed by atoms with Crippen LogP contribution in [0.4, 0.5) is 5.69 Å². The van der Waals surface area contributed by atoms with Crippen molar-refractivity contribution in [3.8, 4) is 5.75 Å². The third kappa shape index (κ3) is 9.20. The van der Waals surface area contributed by atoms with Gasteiger partial charge in [-0.3, -0.25) is 13.9 Å². The molecule has 8 nitrogen and oxygen atoms in total. The topological polar surface area (TPSA) is 96.0 Å². The number of sulfonamides is 1. The first kappa shape index (κ1) is 34.7. The highest BCUT2D eigenvalue weighted by molar-refractivity contribution is 9.10. The SMILES string of the molecule is CCCCNC(=O)C(Cc1ccccc1)N(Cc1cccc(Br)c1)C(=O)CN(c1ccc(OC)cc1)S(=O)(=O)c1ccc(C)cc1. The Hall–Kier alpha value is -4.15. The number of halogens is 1. The molecule has 0 spiro atoms. The smallest absolute Gasteiger partial charge is 0.264 e. The number of ether oxygens (including phenoxy) is 1. The fourth-order valence-corrected chi connectivity index (χ4v) is 6.87. The van der Waals surface area contributed by atoms with Crippen LogP contribution in [0.15, 0.2) is 112 Å². The van der Waals surface area contributed by atoms with E-state index in [1.54, 1.807) is 36.4 Å². The van der Waals surface area contributed by atoms with Crippen LogP contribution in [0.3, 0.4) is 0 Å². The monoisotopic (exact) mass is 705 g/mol. The molecule has 4 rings (SSSR count). The number of amides is 2. The molecule has 0 radical (unpaired) electrons. The van der Waals surface area contributed by atoms with Gasteiger partial charge in [-0.25, -0.2) is 8.42 Å². The van der Waals surface area contributed by atoms with Crippen molar-refractivity contribution in [2.75, 3.05) is 24.5 Å². The van der Waals surface area contributed by atoms with E-state index >= 15 is 0 Å². The largest absolute Gasteiger partial charge is 0.497 e. The van der Waals surface area contributed by atoms with Crippen LogP contribution in [-0.4, -0.2) is 51.4 Å². The molecule has 4 aromatic carbocycles. The number of hydrogen-bond donors (Lipinski definition) is 1. The molecule has 0 aliphatic heterocycles. The number of methoxy groups -OCH3 is 1. The van der Waals surface area contributed by atoms with Gasteiger partial charge in [-0.05, 0) is 73.0 Å². The molecular formula is C36H40BrN3O5S. The van der Waals surface area contributed by atoms with Gasteiger partial charge in [0.05, 0.1) is 17.7 Å². The van der Waals surface area contributed by atoms with Gasteiger partial charge < -0.3 is 15.0 Å². The first-order valence-electron chi connectivity index (χ1n) is 15.2. The molecule has 1 N–H and O–H groups in total. The number of nitrogens with zero attached hydrogens (tertiary/aromatic N) is 2. The minimum atomic E-state index is -4.18. The Morgan fingerprint density at radius 2 is 1.57 bits per heavy atom. The zero-order valence-electron chi connectivity index (χ0n) is 26.4. The van der Waals surface area contributed by atoms with Crippen molar-refractivity contribution < 1.29 is 22.7 Å². The van der Waals surface area contributed by atoms with Crippen LogP contribution in [-0.2, 0) is 32.6 Å². The summed E-state index contributed by atoms with van der Waals surface area (Å²) in [4.78, 5) is 29.9. The molecule has 0 aliphatic carbocycles. The van der Waals surface area contributed by atoms with Crippen LogP contribution in [0.5, 0.6) is 5.75 Å². The van der Waals surface area contributed by atoms with Gasteiger partial charge in [0.15, 0.2) is 0 Å². The van der Waals surface area contributed by atoms with Gasteiger partial charge in [0.25, 0.3) is 10.0 Å². The molecule has 4 aromatic rings. The molecule has 10 heteroatoms. The molecular weight excluding hydrogens is 666 g/mol. The molecule has 242 valence electrons. The van der Waals surface area contributed by atoms with E-state index in [0.717, 1.165) is 38.3 Å². The summed E-state index contributed by atoms with van der Waals surface area (Å²) in [5.74, 6) is -0.262. The number of benzene rings is 4. The normalized spacial score (nSPS) is 11.8. The molecule has 0 saturated heterocycles.